The molecular formula is C31H35N6O2P. The van der Waals surface area contributed by atoms with Gasteiger partial charge in [0, 0.05) is 24.2 Å². The number of rotatable bonds is 3. The molecule has 2 aliphatic rings. The highest BCUT2D eigenvalue weighted by atomic mass is 31.0. The van der Waals surface area contributed by atoms with Crippen molar-refractivity contribution in [3.63, 3.8) is 0 Å². The molecule has 0 spiro atoms. The molecule has 3 N–H and O–H groups in total. The Kier molecular flexibility index (Phi) is 7.12. The van der Waals surface area contributed by atoms with E-state index >= 15 is 0 Å². The van der Waals surface area contributed by atoms with Gasteiger partial charge in [0.15, 0.2) is 0 Å². The zero-order valence-electron chi connectivity index (χ0n) is 23.1. The minimum Gasteiger partial charge on any atom is -0.444 e. The molecule has 2 aromatic heterocycles. The Morgan fingerprint density at radius 3 is 2.65 bits per heavy atom. The number of ether oxygens (including phenoxy) is 1. The first-order valence-corrected chi connectivity index (χ1v) is 14.5. The van der Waals surface area contributed by atoms with Crippen LogP contribution in [0.4, 0.5) is 4.79 Å². The van der Waals surface area contributed by atoms with E-state index in [1.54, 1.807) is 11.1 Å². The molecular weight excluding hydrogens is 519 g/mol. The maximum atomic E-state index is 12.7. The summed E-state index contributed by atoms with van der Waals surface area (Å²) in [5.74, 6) is 8.20. The predicted octanol–water partition coefficient (Wildman–Crippen LogP) is 5.70. The number of hydrogen-bond donors (Lipinski definition) is 3. The van der Waals surface area contributed by atoms with Gasteiger partial charge in [-0.2, -0.15) is 0 Å². The standard InChI is InChI=1S/C31H35N6O2P/c1-31(2,3)39-30(38)37-12-4-5-27(37)29-33-16-23(35-29)11-7-19-6-8-21-14-22(10-9-20(21)13-19)26-18-34-28(36-26)25-15-24(40)17-32-25/h6,8-10,13-14,16,18,24-25,27,32H,4-5,12,15,17,40H2,1-3H3,(H,33,35)(H,34,36)/t24-,25+,27+/m1/s1. The number of amides is 1. The molecule has 206 valence electrons. The average molecular weight is 555 g/mol. The third-order valence-corrected chi connectivity index (χ3v) is 7.88. The predicted molar refractivity (Wildman–Crippen MR) is 160 cm³/mol. The van der Waals surface area contributed by atoms with Crippen LogP contribution in [0.5, 0.6) is 0 Å². The number of aromatic nitrogens is 4. The van der Waals surface area contributed by atoms with Crippen molar-refractivity contribution in [3.05, 3.63) is 71.7 Å². The fraction of sp³-hybridized carbons (Fsp3) is 0.387. The van der Waals surface area contributed by atoms with E-state index in [0.717, 1.165) is 70.7 Å². The van der Waals surface area contributed by atoms with Gasteiger partial charge in [0.2, 0.25) is 0 Å². The lowest BCUT2D eigenvalue weighted by molar-refractivity contribution is 0.0218. The molecule has 4 atom stereocenters. The highest BCUT2D eigenvalue weighted by Gasteiger charge is 2.34. The van der Waals surface area contributed by atoms with Crippen LogP contribution < -0.4 is 5.32 Å². The van der Waals surface area contributed by atoms with E-state index in [-0.39, 0.29) is 18.2 Å². The summed E-state index contributed by atoms with van der Waals surface area (Å²) in [5.41, 5.74) is 3.85. The first kappa shape index (κ1) is 26.6. The number of hydrogen-bond acceptors (Lipinski definition) is 5. The van der Waals surface area contributed by atoms with Crippen molar-refractivity contribution in [3.8, 4) is 23.1 Å². The Morgan fingerprint density at radius 2 is 1.85 bits per heavy atom. The van der Waals surface area contributed by atoms with Crippen LogP contribution in [-0.4, -0.2) is 55.3 Å². The maximum Gasteiger partial charge on any atom is 0.410 e. The summed E-state index contributed by atoms with van der Waals surface area (Å²) >= 11 is 0. The molecule has 0 radical (unpaired) electrons. The van der Waals surface area contributed by atoms with Gasteiger partial charge in [0.05, 0.1) is 30.2 Å². The van der Waals surface area contributed by atoms with Gasteiger partial charge in [-0.1, -0.05) is 24.1 Å². The third kappa shape index (κ3) is 5.77. The summed E-state index contributed by atoms with van der Waals surface area (Å²) in [6, 6.07) is 12.8. The van der Waals surface area contributed by atoms with E-state index in [2.05, 4.69) is 76.7 Å². The number of fused-ring (bicyclic) bond motifs is 1. The van der Waals surface area contributed by atoms with E-state index in [0.29, 0.717) is 12.2 Å². The molecule has 0 bridgehead atoms. The topological polar surface area (TPSA) is 98.9 Å². The molecule has 2 aromatic carbocycles. The van der Waals surface area contributed by atoms with Crippen LogP contribution in [0, 0.1) is 11.8 Å². The second-order valence-corrected chi connectivity index (χ2v) is 12.6. The molecule has 0 aliphatic carbocycles. The first-order chi connectivity index (χ1) is 19.2. The number of benzene rings is 2. The molecule has 1 amide bonds. The smallest absolute Gasteiger partial charge is 0.410 e. The highest BCUT2D eigenvalue weighted by Crippen LogP contribution is 2.32. The molecule has 4 aromatic rings. The molecule has 2 aliphatic heterocycles. The fourth-order valence-electron chi connectivity index (χ4n) is 5.42. The summed E-state index contributed by atoms with van der Waals surface area (Å²) in [4.78, 5) is 30.4. The van der Waals surface area contributed by atoms with Crippen LogP contribution in [0.3, 0.4) is 0 Å². The van der Waals surface area contributed by atoms with E-state index in [4.69, 9.17) is 4.74 Å². The summed E-state index contributed by atoms with van der Waals surface area (Å²) < 4.78 is 5.59. The molecule has 6 rings (SSSR count). The minimum atomic E-state index is -0.529. The van der Waals surface area contributed by atoms with E-state index in [1.165, 1.54) is 0 Å². The lowest BCUT2D eigenvalue weighted by Crippen LogP contribution is -2.36. The lowest BCUT2D eigenvalue weighted by atomic mass is 10.0. The lowest BCUT2D eigenvalue weighted by Gasteiger charge is -2.27. The molecule has 1 unspecified atom stereocenters. The van der Waals surface area contributed by atoms with E-state index in [9.17, 15) is 4.79 Å². The van der Waals surface area contributed by atoms with Crippen LogP contribution >= 0.6 is 9.24 Å². The van der Waals surface area contributed by atoms with E-state index in [1.807, 2.05) is 33.0 Å². The van der Waals surface area contributed by atoms with Gasteiger partial charge in [-0.05, 0) is 80.6 Å². The number of aromatic amines is 2. The van der Waals surface area contributed by atoms with Crippen LogP contribution in [0.1, 0.15) is 75.0 Å². The Labute approximate surface area is 236 Å². The largest absolute Gasteiger partial charge is 0.444 e. The number of carbonyl (C=O) groups is 1. The van der Waals surface area contributed by atoms with Crippen molar-refractivity contribution in [1.82, 2.24) is 30.2 Å². The number of likely N-dealkylation sites (tertiary alicyclic amines) is 1. The van der Waals surface area contributed by atoms with Crippen LogP contribution in [0.25, 0.3) is 22.0 Å². The minimum absolute atomic E-state index is 0.122. The maximum absolute atomic E-state index is 12.7. The summed E-state index contributed by atoms with van der Waals surface area (Å²) in [6.45, 7) is 7.31. The van der Waals surface area contributed by atoms with Gasteiger partial charge < -0.3 is 20.0 Å². The van der Waals surface area contributed by atoms with Crippen molar-refractivity contribution in [2.24, 2.45) is 0 Å². The van der Waals surface area contributed by atoms with Crippen molar-refractivity contribution in [2.45, 2.75) is 63.4 Å². The number of carbonyl (C=O) groups excluding carboxylic acids is 1. The quantitative estimate of drug-likeness (QED) is 0.223. The van der Waals surface area contributed by atoms with Crippen LogP contribution in [0.2, 0.25) is 0 Å². The van der Waals surface area contributed by atoms with Crippen molar-refractivity contribution >= 4 is 26.1 Å². The van der Waals surface area contributed by atoms with Crippen molar-refractivity contribution < 1.29 is 9.53 Å². The van der Waals surface area contributed by atoms with Gasteiger partial charge in [0.25, 0.3) is 0 Å². The van der Waals surface area contributed by atoms with Gasteiger partial charge in [0.1, 0.15) is 22.9 Å². The molecule has 0 saturated carbocycles. The number of nitrogens with one attached hydrogen (secondary N) is 3. The number of H-pyrrole nitrogens is 2. The summed E-state index contributed by atoms with van der Waals surface area (Å²) in [6.07, 6.45) is 6.20. The third-order valence-electron chi connectivity index (χ3n) is 7.38. The Bertz CT molecular complexity index is 1610. The molecule has 40 heavy (non-hydrogen) atoms. The Balaban J connectivity index is 1.15. The van der Waals surface area contributed by atoms with Crippen molar-refractivity contribution in [1.29, 1.82) is 0 Å². The first-order valence-electron chi connectivity index (χ1n) is 13.9. The zero-order chi connectivity index (χ0) is 27.9. The highest BCUT2D eigenvalue weighted by molar-refractivity contribution is 7.17. The molecule has 2 fully saturated rings. The SMILES string of the molecule is CC(C)(C)OC(=O)N1CCC[C@H]1c1ncc(C#Cc2ccc3cc(-c4cnc([C@@H]5C[C@@H](P)CN5)[nH]4)ccc3c2)[nH]1. The van der Waals surface area contributed by atoms with Crippen LogP contribution in [0.15, 0.2) is 48.8 Å². The Hall–Kier alpha value is -3.66. The monoisotopic (exact) mass is 554 g/mol. The number of nitrogens with zero attached hydrogens (tertiary/aromatic N) is 3. The average Bonchev–Trinajstić information content (AvgIpc) is 3.72. The van der Waals surface area contributed by atoms with E-state index < -0.39 is 5.60 Å². The van der Waals surface area contributed by atoms with Gasteiger partial charge in [-0.3, -0.25) is 4.90 Å². The summed E-state index contributed by atoms with van der Waals surface area (Å²) in [7, 11) is 2.89. The van der Waals surface area contributed by atoms with Crippen LogP contribution in [-0.2, 0) is 4.74 Å². The normalized spacial score (nSPS) is 21.0. The zero-order valence-corrected chi connectivity index (χ0v) is 24.3. The summed E-state index contributed by atoms with van der Waals surface area (Å²) in [5, 5.41) is 5.80. The second kappa shape index (κ2) is 10.7. The van der Waals surface area contributed by atoms with Gasteiger partial charge >= 0.3 is 6.09 Å². The Morgan fingerprint density at radius 1 is 1.05 bits per heavy atom. The number of imidazole rings is 2. The fourth-order valence-corrected chi connectivity index (χ4v) is 5.83. The molecule has 8 nitrogen and oxygen atoms in total. The molecule has 4 heterocycles. The van der Waals surface area contributed by atoms with Gasteiger partial charge in [-0.25, -0.2) is 14.8 Å². The molecule has 9 heteroatoms. The molecule has 2 saturated heterocycles. The van der Waals surface area contributed by atoms with Gasteiger partial charge in [-0.15, -0.1) is 9.24 Å². The van der Waals surface area contributed by atoms with Crippen molar-refractivity contribution in [2.75, 3.05) is 13.1 Å². The second-order valence-electron chi connectivity index (χ2n) is 11.7.